The number of nitrogens with one attached hydrogen (secondary N) is 2. The van der Waals surface area contributed by atoms with Crippen LogP contribution in [-0.2, 0) is 16.0 Å². The van der Waals surface area contributed by atoms with Gasteiger partial charge >= 0.3 is 0 Å². The highest BCUT2D eigenvalue weighted by Crippen LogP contribution is 2.18. The molecule has 0 radical (unpaired) electrons. The molecule has 0 spiro atoms. The first-order chi connectivity index (χ1) is 13.1. The van der Waals surface area contributed by atoms with Gasteiger partial charge in [0.2, 0.25) is 11.8 Å². The second kappa shape index (κ2) is 9.25. The fourth-order valence-corrected chi connectivity index (χ4v) is 3.38. The normalized spacial score (nSPS) is 10.7. The van der Waals surface area contributed by atoms with E-state index in [0.717, 1.165) is 10.0 Å². The number of thiazole rings is 1. The summed E-state index contributed by atoms with van der Waals surface area (Å²) in [5.41, 5.74) is 2.26. The van der Waals surface area contributed by atoms with Crippen LogP contribution in [0.1, 0.15) is 11.3 Å². The van der Waals surface area contributed by atoms with Gasteiger partial charge in [0, 0.05) is 21.6 Å². The number of carbonyl (C=O) groups excluding carboxylic acids is 2. The van der Waals surface area contributed by atoms with Gasteiger partial charge in [0.15, 0.2) is 5.13 Å². The van der Waals surface area contributed by atoms with Crippen LogP contribution in [0.15, 0.2) is 70.5 Å². The Labute approximate surface area is 169 Å². The number of nitrogens with zero attached hydrogens (tertiary/aromatic N) is 1. The van der Waals surface area contributed by atoms with Gasteiger partial charge in [0.25, 0.3) is 0 Å². The number of carbonyl (C=O) groups is 2. The maximum Gasteiger partial charge on any atom is 0.250 e. The number of anilines is 2. The SMILES string of the molecule is O=C(/C=C/c1ccccc1)Nc1nc(CC(=O)Nc2cccc(Br)c2)cs1. The van der Waals surface area contributed by atoms with Gasteiger partial charge in [-0.15, -0.1) is 11.3 Å². The lowest BCUT2D eigenvalue weighted by Gasteiger charge is -2.04. The minimum Gasteiger partial charge on any atom is -0.326 e. The highest BCUT2D eigenvalue weighted by atomic mass is 79.9. The number of hydrogen-bond acceptors (Lipinski definition) is 4. The van der Waals surface area contributed by atoms with Crippen molar-refractivity contribution in [3.05, 3.63) is 81.8 Å². The van der Waals surface area contributed by atoms with Crippen LogP contribution in [0.3, 0.4) is 0 Å². The van der Waals surface area contributed by atoms with Crippen LogP contribution >= 0.6 is 27.3 Å². The summed E-state index contributed by atoms with van der Waals surface area (Å²) in [6.07, 6.45) is 3.32. The molecule has 1 heterocycles. The number of hydrogen-bond donors (Lipinski definition) is 2. The number of rotatable bonds is 6. The van der Waals surface area contributed by atoms with Gasteiger partial charge in [-0.3, -0.25) is 14.9 Å². The van der Waals surface area contributed by atoms with E-state index in [1.165, 1.54) is 17.4 Å². The van der Waals surface area contributed by atoms with Gasteiger partial charge in [-0.05, 0) is 29.8 Å². The van der Waals surface area contributed by atoms with E-state index >= 15 is 0 Å². The molecule has 27 heavy (non-hydrogen) atoms. The van der Waals surface area contributed by atoms with Crippen molar-refractivity contribution in [2.24, 2.45) is 0 Å². The third kappa shape index (κ3) is 6.16. The van der Waals surface area contributed by atoms with Crippen molar-refractivity contribution in [3.8, 4) is 0 Å². The average Bonchev–Trinajstić information content (AvgIpc) is 3.07. The first-order valence-electron chi connectivity index (χ1n) is 8.12. The molecule has 2 N–H and O–H groups in total. The van der Waals surface area contributed by atoms with Crippen LogP contribution in [0.25, 0.3) is 6.08 Å². The summed E-state index contributed by atoms with van der Waals surface area (Å²) in [4.78, 5) is 28.4. The predicted molar refractivity (Wildman–Crippen MR) is 113 cm³/mol. The smallest absolute Gasteiger partial charge is 0.250 e. The molecule has 0 saturated carbocycles. The van der Waals surface area contributed by atoms with Gasteiger partial charge < -0.3 is 5.32 Å². The summed E-state index contributed by atoms with van der Waals surface area (Å²) in [7, 11) is 0. The first-order valence-corrected chi connectivity index (χ1v) is 9.80. The van der Waals surface area contributed by atoms with Crippen molar-refractivity contribution in [2.75, 3.05) is 10.6 Å². The lowest BCUT2D eigenvalue weighted by atomic mass is 10.2. The topological polar surface area (TPSA) is 71.1 Å². The summed E-state index contributed by atoms with van der Waals surface area (Å²) >= 11 is 4.65. The van der Waals surface area contributed by atoms with Crippen LogP contribution in [0.5, 0.6) is 0 Å². The molecule has 0 unspecified atom stereocenters. The maximum atomic E-state index is 12.1. The molecule has 0 bridgehead atoms. The Hall–Kier alpha value is -2.77. The summed E-state index contributed by atoms with van der Waals surface area (Å²) in [6, 6.07) is 16.9. The van der Waals surface area contributed by atoms with Crippen LogP contribution in [0, 0.1) is 0 Å². The predicted octanol–water partition coefficient (Wildman–Crippen LogP) is 4.74. The van der Waals surface area contributed by atoms with E-state index < -0.39 is 0 Å². The Morgan fingerprint density at radius 3 is 2.67 bits per heavy atom. The zero-order valence-corrected chi connectivity index (χ0v) is 16.6. The van der Waals surface area contributed by atoms with Crippen molar-refractivity contribution in [1.29, 1.82) is 0 Å². The van der Waals surface area contributed by atoms with Crippen molar-refractivity contribution >= 4 is 56.0 Å². The minimum absolute atomic E-state index is 0.138. The fourth-order valence-electron chi connectivity index (χ4n) is 2.26. The minimum atomic E-state index is -0.265. The molecule has 7 heteroatoms. The van der Waals surface area contributed by atoms with Crippen LogP contribution in [0.2, 0.25) is 0 Å². The molecule has 0 aliphatic carbocycles. The molecule has 0 saturated heterocycles. The van der Waals surface area contributed by atoms with Crippen LogP contribution in [0.4, 0.5) is 10.8 Å². The maximum absolute atomic E-state index is 12.1. The Kier molecular flexibility index (Phi) is 6.51. The zero-order chi connectivity index (χ0) is 19.1. The van der Waals surface area contributed by atoms with Crippen molar-refractivity contribution in [3.63, 3.8) is 0 Å². The molecule has 0 aliphatic heterocycles. The lowest BCUT2D eigenvalue weighted by molar-refractivity contribution is -0.115. The number of aromatic nitrogens is 1. The monoisotopic (exact) mass is 441 g/mol. The van der Waals surface area contributed by atoms with E-state index in [1.54, 1.807) is 11.5 Å². The molecule has 2 amide bonds. The van der Waals surface area contributed by atoms with Gasteiger partial charge in [0.05, 0.1) is 12.1 Å². The molecule has 3 aromatic rings. The van der Waals surface area contributed by atoms with Gasteiger partial charge in [-0.2, -0.15) is 0 Å². The van der Waals surface area contributed by atoms with Gasteiger partial charge in [-0.25, -0.2) is 4.98 Å². The molecule has 0 atom stereocenters. The van der Waals surface area contributed by atoms with E-state index in [4.69, 9.17) is 0 Å². The van der Waals surface area contributed by atoms with Crippen LogP contribution in [-0.4, -0.2) is 16.8 Å². The van der Waals surface area contributed by atoms with Crippen molar-refractivity contribution in [1.82, 2.24) is 4.98 Å². The zero-order valence-electron chi connectivity index (χ0n) is 14.2. The Morgan fingerprint density at radius 1 is 1.07 bits per heavy atom. The van der Waals surface area contributed by atoms with E-state index in [0.29, 0.717) is 16.5 Å². The lowest BCUT2D eigenvalue weighted by Crippen LogP contribution is -2.14. The molecule has 1 aromatic heterocycles. The van der Waals surface area contributed by atoms with Crippen molar-refractivity contribution < 1.29 is 9.59 Å². The first kappa shape index (κ1) is 19.0. The Bertz CT molecular complexity index is 970. The quantitative estimate of drug-likeness (QED) is 0.542. The fraction of sp³-hybridized carbons (Fsp3) is 0.0500. The van der Waals surface area contributed by atoms with Gasteiger partial charge in [-0.1, -0.05) is 52.3 Å². The summed E-state index contributed by atoms with van der Waals surface area (Å²) in [5.74, 6) is -0.432. The Balaban J connectivity index is 1.52. The van der Waals surface area contributed by atoms with E-state index in [1.807, 2.05) is 54.6 Å². The second-order valence-electron chi connectivity index (χ2n) is 5.61. The average molecular weight is 442 g/mol. The van der Waals surface area contributed by atoms with Crippen LogP contribution < -0.4 is 10.6 Å². The molecule has 0 fully saturated rings. The highest BCUT2D eigenvalue weighted by molar-refractivity contribution is 9.10. The Morgan fingerprint density at radius 2 is 1.89 bits per heavy atom. The third-order valence-electron chi connectivity index (χ3n) is 3.46. The van der Waals surface area contributed by atoms with Gasteiger partial charge in [0.1, 0.15) is 0 Å². The second-order valence-corrected chi connectivity index (χ2v) is 7.39. The third-order valence-corrected chi connectivity index (χ3v) is 4.76. The largest absolute Gasteiger partial charge is 0.326 e. The molecular weight excluding hydrogens is 426 g/mol. The number of amides is 2. The molecular formula is C20H16BrN3O2S. The molecule has 0 aliphatic rings. The molecule has 136 valence electrons. The summed E-state index contributed by atoms with van der Waals surface area (Å²) in [5, 5.41) is 7.75. The van der Waals surface area contributed by atoms with E-state index in [2.05, 4.69) is 31.5 Å². The van der Waals surface area contributed by atoms with E-state index in [-0.39, 0.29) is 18.2 Å². The molecule has 3 rings (SSSR count). The summed E-state index contributed by atoms with van der Waals surface area (Å²) < 4.78 is 0.891. The highest BCUT2D eigenvalue weighted by Gasteiger charge is 2.09. The number of benzene rings is 2. The standard InChI is InChI=1S/C20H16BrN3O2S/c21-15-7-4-8-16(11-15)22-19(26)12-17-13-27-20(23-17)24-18(25)10-9-14-5-2-1-3-6-14/h1-11,13H,12H2,(H,22,26)(H,23,24,25)/b10-9+. The van der Waals surface area contributed by atoms with E-state index in [9.17, 15) is 9.59 Å². The van der Waals surface area contributed by atoms with Crippen molar-refractivity contribution in [2.45, 2.75) is 6.42 Å². The number of halogens is 1. The molecule has 5 nitrogen and oxygen atoms in total. The molecule has 2 aromatic carbocycles. The summed E-state index contributed by atoms with van der Waals surface area (Å²) in [6.45, 7) is 0.